The molecule has 2 aromatic rings. The monoisotopic (exact) mass is 394 g/mol. The van der Waals surface area contributed by atoms with E-state index in [2.05, 4.69) is 16.0 Å². The van der Waals surface area contributed by atoms with Gasteiger partial charge in [-0.15, -0.1) is 11.3 Å². The number of fused-ring (bicyclic) bond motifs is 1. The average Bonchev–Trinajstić information content (AvgIpc) is 3.05. The van der Waals surface area contributed by atoms with E-state index in [1.165, 1.54) is 55.9 Å². The minimum atomic E-state index is -0.284. The van der Waals surface area contributed by atoms with Crippen LogP contribution in [0.15, 0.2) is 17.5 Å². The number of urea groups is 1. The van der Waals surface area contributed by atoms with E-state index in [9.17, 15) is 4.79 Å². The fourth-order valence-corrected chi connectivity index (χ4v) is 4.63. The number of thiophene rings is 1. The Labute approximate surface area is 162 Å². The largest absolute Gasteiger partial charge is 0.495 e. The molecule has 1 heterocycles. The standard InChI is InChI=1S/C19H23ClN2O3S/c1-24-16-10-17(25-2)15(9-14(16)20)22-19(23)21-8-7-12-11-26-18-6-4-3-5-13(12)18/h9-11H,3-8H2,1-2H3,(H2,21,22,23). The second kappa shape index (κ2) is 8.64. The zero-order valence-corrected chi connectivity index (χ0v) is 16.6. The van der Waals surface area contributed by atoms with Gasteiger partial charge >= 0.3 is 6.03 Å². The van der Waals surface area contributed by atoms with Gasteiger partial charge in [0, 0.05) is 17.5 Å². The minimum absolute atomic E-state index is 0.284. The molecule has 1 aliphatic carbocycles. The van der Waals surface area contributed by atoms with Crippen LogP contribution >= 0.6 is 22.9 Å². The summed E-state index contributed by atoms with van der Waals surface area (Å²) in [6.45, 7) is 0.585. The first-order valence-electron chi connectivity index (χ1n) is 8.67. The van der Waals surface area contributed by atoms with E-state index >= 15 is 0 Å². The molecule has 0 radical (unpaired) electrons. The summed E-state index contributed by atoms with van der Waals surface area (Å²) in [5, 5.41) is 8.33. The Morgan fingerprint density at radius 3 is 2.73 bits per heavy atom. The lowest BCUT2D eigenvalue weighted by Crippen LogP contribution is -2.30. The van der Waals surface area contributed by atoms with E-state index in [0.29, 0.717) is 28.8 Å². The maximum atomic E-state index is 12.2. The number of carbonyl (C=O) groups is 1. The van der Waals surface area contributed by atoms with Crippen LogP contribution in [0.25, 0.3) is 0 Å². The zero-order chi connectivity index (χ0) is 18.5. The molecule has 2 amide bonds. The predicted octanol–water partition coefficient (Wildman–Crippen LogP) is 4.66. The molecule has 1 aliphatic rings. The van der Waals surface area contributed by atoms with Crippen LogP contribution < -0.4 is 20.1 Å². The van der Waals surface area contributed by atoms with Crippen LogP contribution in [0.2, 0.25) is 5.02 Å². The molecule has 0 bridgehead atoms. The molecule has 0 fully saturated rings. The molecule has 0 unspecified atom stereocenters. The number of halogens is 1. The molecule has 3 rings (SSSR count). The van der Waals surface area contributed by atoms with E-state index in [-0.39, 0.29) is 6.03 Å². The highest BCUT2D eigenvalue weighted by Gasteiger charge is 2.16. The van der Waals surface area contributed by atoms with Crippen molar-refractivity contribution in [1.82, 2.24) is 5.32 Å². The number of carbonyl (C=O) groups excluding carboxylic acids is 1. The van der Waals surface area contributed by atoms with Crippen molar-refractivity contribution in [3.05, 3.63) is 38.5 Å². The van der Waals surface area contributed by atoms with Crippen LogP contribution in [0.1, 0.15) is 28.8 Å². The van der Waals surface area contributed by atoms with Gasteiger partial charge in [-0.1, -0.05) is 11.6 Å². The van der Waals surface area contributed by atoms with Gasteiger partial charge < -0.3 is 20.1 Å². The first kappa shape index (κ1) is 18.9. The number of nitrogens with one attached hydrogen (secondary N) is 2. The molecule has 0 saturated heterocycles. The molecule has 1 aromatic carbocycles. The van der Waals surface area contributed by atoms with E-state index in [1.54, 1.807) is 12.1 Å². The van der Waals surface area contributed by atoms with Gasteiger partial charge in [0.15, 0.2) is 0 Å². The third kappa shape index (κ3) is 4.24. The maximum Gasteiger partial charge on any atom is 0.319 e. The quantitative estimate of drug-likeness (QED) is 0.748. The van der Waals surface area contributed by atoms with Crippen molar-refractivity contribution in [2.45, 2.75) is 32.1 Å². The molecular formula is C19H23ClN2O3S. The topological polar surface area (TPSA) is 59.6 Å². The highest BCUT2D eigenvalue weighted by molar-refractivity contribution is 7.10. The highest BCUT2D eigenvalue weighted by Crippen LogP contribution is 2.35. The van der Waals surface area contributed by atoms with Crippen molar-refractivity contribution >= 4 is 34.7 Å². The van der Waals surface area contributed by atoms with Gasteiger partial charge in [-0.05, 0) is 54.7 Å². The van der Waals surface area contributed by atoms with Gasteiger partial charge in [0.2, 0.25) is 0 Å². The third-order valence-corrected chi connectivity index (χ3v) is 5.98. The fourth-order valence-electron chi connectivity index (χ4n) is 3.21. The van der Waals surface area contributed by atoms with Crippen molar-refractivity contribution in [2.24, 2.45) is 0 Å². The van der Waals surface area contributed by atoms with Crippen LogP contribution in [0, 0.1) is 0 Å². The lowest BCUT2D eigenvalue weighted by atomic mass is 9.95. The molecule has 1 aromatic heterocycles. The van der Waals surface area contributed by atoms with E-state index < -0.39 is 0 Å². The predicted molar refractivity (Wildman–Crippen MR) is 106 cm³/mol. The molecular weight excluding hydrogens is 372 g/mol. The zero-order valence-electron chi connectivity index (χ0n) is 15.0. The van der Waals surface area contributed by atoms with Crippen molar-refractivity contribution in [2.75, 3.05) is 26.1 Å². The molecule has 7 heteroatoms. The molecule has 0 aliphatic heterocycles. The van der Waals surface area contributed by atoms with Gasteiger partial charge in [0.1, 0.15) is 11.5 Å². The Kier molecular flexibility index (Phi) is 6.27. The second-order valence-electron chi connectivity index (χ2n) is 6.19. The first-order chi connectivity index (χ1) is 12.6. The molecule has 0 saturated carbocycles. The van der Waals surface area contributed by atoms with Crippen molar-refractivity contribution < 1.29 is 14.3 Å². The number of benzene rings is 1. The Balaban J connectivity index is 1.56. The summed E-state index contributed by atoms with van der Waals surface area (Å²) in [7, 11) is 3.06. The summed E-state index contributed by atoms with van der Waals surface area (Å²) in [4.78, 5) is 13.7. The summed E-state index contributed by atoms with van der Waals surface area (Å²) < 4.78 is 10.4. The van der Waals surface area contributed by atoms with Crippen LogP contribution in [0.4, 0.5) is 10.5 Å². The van der Waals surface area contributed by atoms with Gasteiger partial charge in [-0.3, -0.25) is 0 Å². The van der Waals surface area contributed by atoms with E-state index in [1.807, 2.05) is 11.3 Å². The molecule has 0 atom stereocenters. The molecule has 2 N–H and O–H groups in total. The number of rotatable bonds is 6. The number of hydrogen-bond donors (Lipinski definition) is 2. The Bertz CT molecular complexity index is 791. The normalized spacial score (nSPS) is 13.0. The molecule has 140 valence electrons. The minimum Gasteiger partial charge on any atom is -0.495 e. The van der Waals surface area contributed by atoms with Crippen molar-refractivity contribution in [3.63, 3.8) is 0 Å². The second-order valence-corrected chi connectivity index (χ2v) is 7.56. The summed E-state index contributed by atoms with van der Waals surface area (Å²) in [6, 6.07) is 2.98. The summed E-state index contributed by atoms with van der Waals surface area (Å²) >= 11 is 7.98. The summed E-state index contributed by atoms with van der Waals surface area (Å²) in [5.74, 6) is 0.991. The number of aryl methyl sites for hydroxylation is 1. The fraction of sp³-hybridized carbons (Fsp3) is 0.421. The summed E-state index contributed by atoms with van der Waals surface area (Å²) in [6.07, 6.45) is 5.77. The van der Waals surface area contributed by atoms with E-state index in [4.69, 9.17) is 21.1 Å². The van der Waals surface area contributed by atoms with Gasteiger partial charge in [-0.2, -0.15) is 0 Å². The van der Waals surface area contributed by atoms with Crippen LogP contribution in [0.5, 0.6) is 11.5 Å². The van der Waals surface area contributed by atoms with E-state index in [0.717, 1.165) is 6.42 Å². The smallest absolute Gasteiger partial charge is 0.319 e. The number of anilines is 1. The maximum absolute atomic E-state index is 12.2. The number of hydrogen-bond acceptors (Lipinski definition) is 4. The Morgan fingerprint density at radius 1 is 1.19 bits per heavy atom. The summed E-state index contributed by atoms with van der Waals surface area (Å²) in [5.41, 5.74) is 3.38. The lowest BCUT2D eigenvalue weighted by Gasteiger charge is -2.14. The highest BCUT2D eigenvalue weighted by atomic mass is 35.5. The first-order valence-corrected chi connectivity index (χ1v) is 9.92. The number of ether oxygens (including phenoxy) is 2. The van der Waals surface area contributed by atoms with Gasteiger partial charge in [0.25, 0.3) is 0 Å². The van der Waals surface area contributed by atoms with Crippen molar-refractivity contribution in [1.29, 1.82) is 0 Å². The lowest BCUT2D eigenvalue weighted by molar-refractivity contribution is 0.252. The van der Waals surface area contributed by atoms with Gasteiger partial charge in [0.05, 0.1) is 24.9 Å². The van der Waals surface area contributed by atoms with Crippen molar-refractivity contribution in [3.8, 4) is 11.5 Å². The number of amides is 2. The molecule has 26 heavy (non-hydrogen) atoms. The SMILES string of the molecule is COc1cc(OC)c(NC(=O)NCCc2csc3c2CCCC3)cc1Cl. The molecule has 0 spiro atoms. The third-order valence-electron chi connectivity index (χ3n) is 4.55. The van der Waals surface area contributed by atoms with Crippen LogP contribution in [0.3, 0.4) is 0 Å². The Hall–Kier alpha value is -1.92. The Morgan fingerprint density at radius 2 is 1.96 bits per heavy atom. The van der Waals surface area contributed by atoms with Crippen LogP contribution in [-0.2, 0) is 19.3 Å². The molecule has 5 nitrogen and oxygen atoms in total. The van der Waals surface area contributed by atoms with Gasteiger partial charge in [-0.25, -0.2) is 4.79 Å². The number of methoxy groups -OCH3 is 2. The average molecular weight is 395 g/mol. The van der Waals surface area contributed by atoms with Crippen LogP contribution in [-0.4, -0.2) is 26.8 Å².